The highest BCUT2D eigenvalue weighted by molar-refractivity contribution is 5.84. The van der Waals surface area contributed by atoms with E-state index in [0.717, 1.165) is 24.7 Å². The molecule has 1 aliphatic carbocycles. The lowest BCUT2D eigenvalue weighted by Crippen LogP contribution is -2.28. The lowest BCUT2D eigenvalue weighted by molar-refractivity contribution is -0.128. The van der Waals surface area contributed by atoms with E-state index in [1.54, 1.807) is 0 Å². The normalized spacial score (nSPS) is 22.4. The minimum Gasteiger partial charge on any atom is -0.300 e. The van der Waals surface area contributed by atoms with Crippen LogP contribution in [0.25, 0.3) is 0 Å². The van der Waals surface area contributed by atoms with E-state index in [0.29, 0.717) is 5.78 Å². The van der Waals surface area contributed by atoms with Gasteiger partial charge >= 0.3 is 0 Å². The zero-order valence-electron chi connectivity index (χ0n) is 6.89. The molecule has 0 heterocycles. The van der Waals surface area contributed by atoms with E-state index in [4.69, 9.17) is 0 Å². The topological polar surface area (TPSA) is 17.1 Å². The molecule has 0 N–H and O–H groups in total. The van der Waals surface area contributed by atoms with E-state index in [1.165, 1.54) is 12.8 Å². The van der Waals surface area contributed by atoms with E-state index < -0.39 is 0 Å². The number of carbonyl (C=O) groups is 1. The van der Waals surface area contributed by atoms with Gasteiger partial charge in [0.25, 0.3) is 0 Å². The molecule has 0 aromatic heterocycles. The molecule has 1 unspecified atom stereocenters. The Bertz CT molecular complexity index is 121. The molecule has 1 heteroatoms. The fourth-order valence-electron chi connectivity index (χ4n) is 1.62. The van der Waals surface area contributed by atoms with Crippen LogP contribution >= 0.6 is 0 Å². The molecule has 0 aliphatic heterocycles. The van der Waals surface area contributed by atoms with Crippen LogP contribution in [0.5, 0.6) is 0 Å². The summed E-state index contributed by atoms with van der Waals surface area (Å²) >= 11 is 0. The highest BCUT2D eigenvalue weighted by atomic mass is 16.1. The molecule has 1 atom stereocenters. The monoisotopic (exact) mass is 140 g/mol. The second kappa shape index (κ2) is 3.18. The molecule has 1 rings (SSSR count). The Kier molecular flexibility index (Phi) is 2.47. The number of Topliss-reactive ketones (excluding diaryl/α,β-unsaturated/α-hetero) is 1. The van der Waals surface area contributed by atoms with Crippen LogP contribution in [0, 0.1) is 11.8 Å². The molecule has 0 spiro atoms. The number of hydrogen-bond acceptors (Lipinski definition) is 1. The van der Waals surface area contributed by atoms with Gasteiger partial charge in [-0.3, -0.25) is 4.79 Å². The Morgan fingerprint density at radius 2 is 2.20 bits per heavy atom. The van der Waals surface area contributed by atoms with Gasteiger partial charge in [0.2, 0.25) is 0 Å². The van der Waals surface area contributed by atoms with Crippen LogP contribution in [0.15, 0.2) is 0 Å². The summed E-state index contributed by atoms with van der Waals surface area (Å²) in [7, 11) is 0. The third-order valence-electron chi connectivity index (χ3n) is 2.53. The Morgan fingerprint density at radius 1 is 1.60 bits per heavy atom. The van der Waals surface area contributed by atoms with Gasteiger partial charge in [-0.15, -0.1) is 0 Å². The highest BCUT2D eigenvalue weighted by Gasteiger charge is 2.30. The zero-order valence-corrected chi connectivity index (χ0v) is 6.89. The van der Waals surface area contributed by atoms with Crippen molar-refractivity contribution in [2.45, 2.75) is 39.5 Å². The lowest BCUT2D eigenvalue weighted by Gasteiger charge is -2.29. The van der Waals surface area contributed by atoms with Crippen molar-refractivity contribution in [3.8, 4) is 0 Å². The van der Waals surface area contributed by atoms with Crippen molar-refractivity contribution in [2.75, 3.05) is 0 Å². The molecule has 10 heavy (non-hydrogen) atoms. The quantitative estimate of drug-likeness (QED) is 0.588. The maximum Gasteiger partial charge on any atom is 0.133 e. The molecule has 0 amide bonds. The van der Waals surface area contributed by atoms with Gasteiger partial charge in [-0.1, -0.05) is 26.7 Å². The van der Waals surface area contributed by atoms with Gasteiger partial charge in [0.15, 0.2) is 0 Å². The average molecular weight is 140 g/mol. The van der Waals surface area contributed by atoms with Gasteiger partial charge in [0.1, 0.15) is 5.78 Å². The van der Waals surface area contributed by atoms with Crippen LogP contribution in [0.3, 0.4) is 0 Å². The molecule has 0 aromatic carbocycles. The minimum absolute atomic E-state index is 0.466. The number of hydrogen-bond donors (Lipinski definition) is 0. The molecular formula is C9H16O. The van der Waals surface area contributed by atoms with Gasteiger partial charge in [0, 0.05) is 12.8 Å². The van der Waals surface area contributed by atoms with Crippen molar-refractivity contribution in [2.24, 2.45) is 11.8 Å². The Hall–Kier alpha value is -0.330. The van der Waals surface area contributed by atoms with Crippen molar-refractivity contribution in [3.63, 3.8) is 0 Å². The second-order valence-corrected chi connectivity index (χ2v) is 3.47. The molecule has 1 fully saturated rings. The van der Waals surface area contributed by atoms with Gasteiger partial charge in [-0.25, -0.2) is 0 Å². The van der Waals surface area contributed by atoms with Crippen LogP contribution in [0.1, 0.15) is 39.5 Å². The molecular weight excluding hydrogens is 124 g/mol. The van der Waals surface area contributed by atoms with E-state index in [1.807, 2.05) is 0 Å². The molecule has 1 nitrogen and oxygen atoms in total. The minimum atomic E-state index is 0.466. The molecule has 0 saturated heterocycles. The number of ketones is 1. The number of rotatable bonds is 3. The van der Waals surface area contributed by atoms with Gasteiger partial charge in [-0.05, 0) is 11.8 Å². The molecule has 0 radical (unpaired) electrons. The van der Waals surface area contributed by atoms with Gasteiger partial charge in [-0.2, -0.15) is 0 Å². The zero-order chi connectivity index (χ0) is 7.56. The fourth-order valence-corrected chi connectivity index (χ4v) is 1.62. The Balaban J connectivity index is 2.17. The van der Waals surface area contributed by atoms with Crippen LogP contribution in [0.4, 0.5) is 0 Å². The molecule has 0 aromatic rings. The predicted octanol–water partition coefficient (Wildman–Crippen LogP) is 2.40. The van der Waals surface area contributed by atoms with E-state index >= 15 is 0 Å². The molecule has 0 bridgehead atoms. The van der Waals surface area contributed by atoms with Crippen molar-refractivity contribution < 1.29 is 4.79 Å². The van der Waals surface area contributed by atoms with Crippen LogP contribution in [0.2, 0.25) is 0 Å². The van der Waals surface area contributed by atoms with Gasteiger partial charge in [0.05, 0.1) is 0 Å². The first kappa shape index (κ1) is 7.77. The van der Waals surface area contributed by atoms with Crippen molar-refractivity contribution >= 4 is 5.78 Å². The first-order chi connectivity index (χ1) is 4.74. The average Bonchev–Trinajstić information content (AvgIpc) is 1.82. The Morgan fingerprint density at radius 3 is 2.60 bits per heavy atom. The number of carbonyl (C=O) groups excluding carboxylic acids is 1. The molecule has 1 aliphatic rings. The van der Waals surface area contributed by atoms with Crippen LogP contribution in [-0.4, -0.2) is 5.78 Å². The molecule has 58 valence electrons. The van der Waals surface area contributed by atoms with E-state index in [-0.39, 0.29) is 0 Å². The summed E-state index contributed by atoms with van der Waals surface area (Å²) in [5.41, 5.74) is 0. The summed E-state index contributed by atoms with van der Waals surface area (Å²) < 4.78 is 0. The van der Waals surface area contributed by atoms with E-state index in [2.05, 4.69) is 13.8 Å². The van der Waals surface area contributed by atoms with Crippen molar-refractivity contribution in [1.29, 1.82) is 0 Å². The third-order valence-corrected chi connectivity index (χ3v) is 2.53. The second-order valence-electron chi connectivity index (χ2n) is 3.47. The molecule has 1 saturated carbocycles. The predicted molar refractivity (Wildman–Crippen MR) is 41.8 cm³/mol. The summed E-state index contributed by atoms with van der Waals surface area (Å²) in [6.45, 7) is 4.47. The maximum absolute atomic E-state index is 10.6. The summed E-state index contributed by atoms with van der Waals surface area (Å²) in [4.78, 5) is 10.6. The summed E-state index contributed by atoms with van der Waals surface area (Å²) in [5, 5.41) is 0. The fraction of sp³-hybridized carbons (Fsp3) is 0.889. The van der Waals surface area contributed by atoms with Gasteiger partial charge < -0.3 is 0 Å². The SMILES string of the molecule is CCCC(C)C1CC(=O)C1. The van der Waals surface area contributed by atoms with Crippen molar-refractivity contribution in [1.82, 2.24) is 0 Å². The lowest BCUT2D eigenvalue weighted by atomic mass is 9.74. The summed E-state index contributed by atoms with van der Waals surface area (Å²) in [6.07, 6.45) is 4.27. The van der Waals surface area contributed by atoms with E-state index in [9.17, 15) is 4.79 Å². The largest absolute Gasteiger partial charge is 0.300 e. The van der Waals surface area contributed by atoms with Crippen molar-refractivity contribution in [3.05, 3.63) is 0 Å². The maximum atomic E-state index is 10.6. The first-order valence-electron chi connectivity index (χ1n) is 4.25. The Labute approximate surface area is 62.8 Å². The first-order valence-corrected chi connectivity index (χ1v) is 4.25. The summed E-state index contributed by atoms with van der Waals surface area (Å²) in [5.74, 6) is 1.98. The summed E-state index contributed by atoms with van der Waals surface area (Å²) in [6, 6.07) is 0. The standard InChI is InChI=1S/C9H16O/c1-3-4-7(2)8-5-9(10)6-8/h7-8H,3-6H2,1-2H3. The van der Waals surface area contributed by atoms with Crippen LogP contribution in [-0.2, 0) is 4.79 Å². The highest BCUT2D eigenvalue weighted by Crippen LogP contribution is 2.32. The third kappa shape index (κ3) is 1.59. The van der Waals surface area contributed by atoms with Crippen LogP contribution < -0.4 is 0 Å². The smallest absolute Gasteiger partial charge is 0.133 e.